The van der Waals surface area contributed by atoms with E-state index in [-0.39, 0.29) is 29.9 Å². The largest absolute Gasteiger partial charge is 0.469 e. The van der Waals surface area contributed by atoms with E-state index in [9.17, 15) is 14.0 Å². The molecule has 28 heavy (non-hydrogen) atoms. The normalized spacial score (nSPS) is 10.7. The van der Waals surface area contributed by atoms with Crippen molar-refractivity contribution in [1.82, 2.24) is 19.7 Å². The van der Waals surface area contributed by atoms with Gasteiger partial charge in [0.25, 0.3) is 5.91 Å². The van der Waals surface area contributed by atoms with Crippen LogP contribution in [0.2, 0.25) is 0 Å². The number of hydrogen-bond acceptors (Lipinski definition) is 6. The van der Waals surface area contributed by atoms with Crippen molar-refractivity contribution in [2.75, 3.05) is 20.7 Å². The lowest BCUT2D eigenvalue weighted by Gasteiger charge is -2.14. The molecule has 3 aromatic rings. The van der Waals surface area contributed by atoms with E-state index in [4.69, 9.17) is 0 Å². The molecule has 7 nitrogen and oxygen atoms in total. The van der Waals surface area contributed by atoms with Gasteiger partial charge in [0.05, 0.1) is 17.7 Å². The highest BCUT2D eigenvalue weighted by molar-refractivity contribution is 7.13. The first kappa shape index (κ1) is 19.7. The quantitative estimate of drug-likeness (QED) is 0.568. The van der Waals surface area contributed by atoms with Crippen molar-refractivity contribution in [2.45, 2.75) is 12.8 Å². The Morgan fingerprint density at radius 3 is 2.64 bits per heavy atom. The molecule has 0 saturated heterocycles. The Morgan fingerprint density at radius 1 is 1.25 bits per heavy atom. The van der Waals surface area contributed by atoms with Gasteiger partial charge in [-0.3, -0.25) is 9.59 Å². The molecule has 0 unspecified atom stereocenters. The van der Waals surface area contributed by atoms with Crippen LogP contribution in [0.4, 0.5) is 4.39 Å². The Balaban J connectivity index is 1.85. The number of methoxy groups -OCH3 is 1. The van der Waals surface area contributed by atoms with E-state index in [1.807, 2.05) is 17.5 Å². The molecular formula is C19H19FN4O3S. The van der Waals surface area contributed by atoms with Crippen LogP contribution in [0.25, 0.3) is 16.4 Å². The number of halogens is 1. The van der Waals surface area contributed by atoms with Crippen LogP contribution in [-0.4, -0.2) is 52.2 Å². The first-order valence-electron chi connectivity index (χ1n) is 8.58. The number of amides is 1. The first-order valence-corrected chi connectivity index (χ1v) is 9.46. The van der Waals surface area contributed by atoms with E-state index in [0.29, 0.717) is 24.5 Å². The number of ether oxygens (including phenoxy) is 1. The highest BCUT2D eigenvalue weighted by atomic mass is 32.1. The molecule has 3 rings (SSSR count). The Hall–Kier alpha value is -3.07. The lowest BCUT2D eigenvalue weighted by atomic mass is 10.3. The zero-order chi connectivity index (χ0) is 20.1. The van der Waals surface area contributed by atoms with Crippen LogP contribution in [0.3, 0.4) is 0 Å². The fourth-order valence-corrected chi connectivity index (χ4v) is 3.26. The second-order valence-corrected chi connectivity index (χ2v) is 6.98. The summed E-state index contributed by atoms with van der Waals surface area (Å²) in [5, 5.41) is 6.26. The van der Waals surface area contributed by atoms with E-state index < -0.39 is 0 Å². The van der Waals surface area contributed by atoms with E-state index in [2.05, 4.69) is 14.8 Å². The molecule has 1 amide bonds. The maximum Gasteiger partial charge on any atom is 0.305 e. The Bertz CT molecular complexity index is 954. The number of nitrogens with zero attached hydrogens (tertiary/aromatic N) is 4. The lowest BCUT2D eigenvalue weighted by Crippen LogP contribution is -2.29. The number of hydrogen-bond donors (Lipinski definition) is 0. The average Bonchev–Trinajstić information content (AvgIpc) is 3.37. The fourth-order valence-electron chi connectivity index (χ4n) is 2.57. The SMILES string of the molecule is COC(=O)CCCN(C)C(=O)c1nc(-c2cccs2)n(-c2ccc(F)cc2)n1. The second kappa shape index (κ2) is 8.75. The molecule has 0 N–H and O–H groups in total. The number of benzene rings is 1. The molecule has 9 heteroatoms. The molecule has 1 aromatic carbocycles. The maximum atomic E-state index is 13.3. The molecule has 0 bridgehead atoms. The van der Waals surface area contributed by atoms with Crippen molar-refractivity contribution in [1.29, 1.82) is 0 Å². The van der Waals surface area contributed by atoms with E-state index in [1.54, 1.807) is 19.2 Å². The predicted octanol–water partition coefficient (Wildman–Crippen LogP) is 3.16. The summed E-state index contributed by atoms with van der Waals surface area (Å²) in [6, 6.07) is 9.57. The average molecular weight is 402 g/mol. The number of carbonyl (C=O) groups excluding carboxylic acids is 2. The Morgan fingerprint density at radius 2 is 2.00 bits per heavy atom. The van der Waals surface area contributed by atoms with Crippen molar-refractivity contribution in [2.24, 2.45) is 0 Å². The van der Waals surface area contributed by atoms with Gasteiger partial charge in [-0.2, -0.15) is 0 Å². The van der Waals surface area contributed by atoms with Gasteiger partial charge in [0, 0.05) is 20.0 Å². The van der Waals surface area contributed by atoms with Crippen LogP contribution in [0.15, 0.2) is 41.8 Å². The summed E-state index contributed by atoms with van der Waals surface area (Å²) < 4.78 is 19.4. The molecule has 0 aliphatic carbocycles. The van der Waals surface area contributed by atoms with E-state index >= 15 is 0 Å². The second-order valence-electron chi connectivity index (χ2n) is 6.03. The summed E-state index contributed by atoms with van der Waals surface area (Å²) in [6.45, 7) is 0.368. The smallest absolute Gasteiger partial charge is 0.305 e. The number of thiophene rings is 1. The highest BCUT2D eigenvalue weighted by Crippen LogP contribution is 2.26. The van der Waals surface area contributed by atoms with Gasteiger partial charge in [-0.15, -0.1) is 16.4 Å². The minimum Gasteiger partial charge on any atom is -0.469 e. The van der Waals surface area contributed by atoms with Crippen LogP contribution in [0, 0.1) is 5.82 Å². The summed E-state index contributed by atoms with van der Waals surface area (Å²) in [7, 11) is 2.96. The van der Waals surface area contributed by atoms with Gasteiger partial charge < -0.3 is 9.64 Å². The van der Waals surface area contributed by atoms with Gasteiger partial charge in [0.2, 0.25) is 5.82 Å². The zero-order valence-electron chi connectivity index (χ0n) is 15.5. The van der Waals surface area contributed by atoms with Gasteiger partial charge in [-0.25, -0.2) is 14.1 Å². The lowest BCUT2D eigenvalue weighted by molar-refractivity contribution is -0.140. The molecule has 0 saturated carbocycles. The van der Waals surface area contributed by atoms with Crippen LogP contribution in [0.1, 0.15) is 23.5 Å². The van der Waals surface area contributed by atoms with Crippen molar-refractivity contribution in [3.8, 4) is 16.4 Å². The Labute approximate surface area is 165 Å². The van der Waals surface area contributed by atoms with Crippen LogP contribution in [0.5, 0.6) is 0 Å². The van der Waals surface area contributed by atoms with Gasteiger partial charge in [-0.05, 0) is 42.1 Å². The van der Waals surface area contributed by atoms with Gasteiger partial charge >= 0.3 is 5.97 Å². The molecule has 0 atom stereocenters. The molecule has 2 heterocycles. The van der Waals surface area contributed by atoms with E-state index in [0.717, 1.165) is 4.88 Å². The summed E-state index contributed by atoms with van der Waals surface area (Å²) >= 11 is 1.47. The number of carbonyl (C=O) groups is 2. The summed E-state index contributed by atoms with van der Waals surface area (Å²) in [5.41, 5.74) is 0.602. The molecule has 0 aliphatic heterocycles. The number of esters is 1. The molecule has 0 radical (unpaired) electrons. The number of rotatable bonds is 7. The molecule has 0 aliphatic rings. The van der Waals surface area contributed by atoms with E-state index in [1.165, 1.54) is 40.2 Å². The predicted molar refractivity (Wildman–Crippen MR) is 103 cm³/mol. The summed E-state index contributed by atoms with van der Waals surface area (Å²) in [6.07, 6.45) is 0.706. The van der Waals surface area contributed by atoms with Crippen LogP contribution < -0.4 is 0 Å². The van der Waals surface area contributed by atoms with Crippen molar-refractivity contribution < 1.29 is 18.7 Å². The van der Waals surface area contributed by atoms with Gasteiger partial charge in [0.1, 0.15) is 5.82 Å². The topological polar surface area (TPSA) is 77.3 Å². The zero-order valence-corrected chi connectivity index (χ0v) is 16.3. The summed E-state index contributed by atoms with van der Waals surface area (Å²) in [4.78, 5) is 30.7. The minimum atomic E-state index is -0.358. The van der Waals surface area contributed by atoms with Crippen molar-refractivity contribution in [3.63, 3.8) is 0 Å². The van der Waals surface area contributed by atoms with Crippen molar-refractivity contribution in [3.05, 3.63) is 53.4 Å². The fraction of sp³-hybridized carbons (Fsp3) is 0.263. The monoisotopic (exact) mass is 402 g/mol. The summed E-state index contributed by atoms with van der Waals surface area (Å²) in [5.74, 6) is -0.493. The highest BCUT2D eigenvalue weighted by Gasteiger charge is 2.22. The van der Waals surface area contributed by atoms with Gasteiger partial charge in [-0.1, -0.05) is 6.07 Å². The van der Waals surface area contributed by atoms with Gasteiger partial charge in [0.15, 0.2) is 5.82 Å². The molecule has 146 valence electrons. The minimum absolute atomic E-state index is 0.0355. The number of aromatic nitrogens is 3. The third kappa shape index (κ3) is 4.42. The molecule has 0 fully saturated rings. The maximum absolute atomic E-state index is 13.3. The third-order valence-corrected chi connectivity index (χ3v) is 4.93. The standard InChI is InChI=1S/C19H19FN4O3S/c1-23(11-3-6-16(25)27-2)19(26)17-21-18(15-5-4-12-28-15)24(22-17)14-9-7-13(20)8-10-14/h4-5,7-10,12H,3,6,11H2,1-2H3. The molecule has 0 spiro atoms. The first-order chi connectivity index (χ1) is 13.5. The van der Waals surface area contributed by atoms with Crippen LogP contribution >= 0.6 is 11.3 Å². The van der Waals surface area contributed by atoms with Crippen molar-refractivity contribution >= 4 is 23.2 Å². The Kier molecular flexibility index (Phi) is 6.15. The third-order valence-electron chi connectivity index (χ3n) is 4.06. The molecule has 2 aromatic heterocycles. The molecular weight excluding hydrogens is 383 g/mol. The van der Waals surface area contributed by atoms with Crippen LogP contribution in [-0.2, 0) is 9.53 Å².